The van der Waals surface area contributed by atoms with Crippen LogP contribution in [0.1, 0.15) is 43.2 Å². The fraction of sp³-hybridized carbons (Fsp3) is 0.625. The summed E-state index contributed by atoms with van der Waals surface area (Å²) < 4.78 is 28.2. The highest BCUT2D eigenvalue weighted by Gasteiger charge is 2.35. The fourth-order valence-electron chi connectivity index (χ4n) is 5.84. The molecule has 1 saturated heterocycles. The topological polar surface area (TPSA) is 81.7 Å². The molecule has 8 heteroatoms. The number of ether oxygens (including phenoxy) is 5. The van der Waals surface area contributed by atoms with Crippen molar-refractivity contribution in [3.05, 3.63) is 53.6 Å². The van der Waals surface area contributed by atoms with Crippen LogP contribution in [0.3, 0.4) is 0 Å². The second-order valence-corrected chi connectivity index (χ2v) is 10.9. The van der Waals surface area contributed by atoms with E-state index in [1.165, 1.54) is 30.4 Å². The molecule has 4 atom stereocenters. The number of hydrogen-bond donors (Lipinski definition) is 2. The van der Waals surface area contributed by atoms with Crippen molar-refractivity contribution in [3.8, 4) is 17.2 Å². The monoisotopic (exact) mass is 556 g/mol. The zero-order valence-electron chi connectivity index (χ0n) is 24.5. The van der Waals surface area contributed by atoms with Crippen molar-refractivity contribution in [1.82, 2.24) is 10.2 Å². The minimum Gasteiger partial charge on any atom is -0.493 e. The molecular weight excluding hydrogens is 508 g/mol. The summed E-state index contributed by atoms with van der Waals surface area (Å²) in [5, 5.41) is 14.1. The third kappa shape index (κ3) is 9.08. The van der Waals surface area contributed by atoms with Gasteiger partial charge in [-0.25, -0.2) is 0 Å². The van der Waals surface area contributed by atoms with Crippen LogP contribution in [0.15, 0.2) is 42.5 Å². The predicted octanol–water partition coefficient (Wildman–Crippen LogP) is 3.87. The van der Waals surface area contributed by atoms with Gasteiger partial charge in [-0.2, -0.15) is 0 Å². The maximum Gasteiger partial charge on any atom is 0.160 e. The summed E-state index contributed by atoms with van der Waals surface area (Å²) in [5.74, 6) is 2.29. The van der Waals surface area contributed by atoms with Crippen LogP contribution in [0.25, 0.3) is 0 Å². The van der Waals surface area contributed by atoms with Crippen molar-refractivity contribution in [3.63, 3.8) is 0 Å². The predicted molar refractivity (Wildman–Crippen MR) is 157 cm³/mol. The van der Waals surface area contributed by atoms with Gasteiger partial charge in [-0.05, 0) is 67.5 Å². The van der Waals surface area contributed by atoms with Gasteiger partial charge in [-0.3, -0.25) is 4.90 Å². The Morgan fingerprint density at radius 1 is 0.900 bits per heavy atom. The summed E-state index contributed by atoms with van der Waals surface area (Å²) in [4.78, 5) is 2.60. The molecule has 0 bridgehead atoms. The molecule has 2 fully saturated rings. The highest BCUT2D eigenvalue weighted by molar-refractivity contribution is 5.42. The molecule has 2 aromatic carbocycles. The zero-order valence-corrected chi connectivity index (χ0v) is 24.5. The molecule has 1 aliphatic heterocycles. The van der Waals surface area contributed by atoms with Crippen LogP contribution in [-0.4, -0.2) is 95.1 Å². The Morgan fingerprint density at radius 2 is 1.65 bits per heavy atom. The van der Waals surface area contributed by atoms with Gasteiger partial charge in [0, 0.05) is 38.8 Å². The number of aliphatic hydroxyl groups excluding tert-OH is 1. The van der Waals surface area contributed by atoms with E-state index in [-0.39, 0.29) is 12.7 Å². The number of nitrogens with zero attached hydrogens (tertiary/aromatic N) is 1. The van der Waals surface area contributed by atoms with Crippen LogP contribution in [0, 0.1) is 0 Å². The van der Waals surface area contributed by atoms with Crippen molar-refractivity contribution >= 4 is 0 Å². The summed E-state index contributed by atoms with van der Waals surface area (Å²) in [6.07, 6.45) is 7.35. The largest absolute Gasteiger partial charge is 0.493 e. The van der Waals surface area contributed by atoms with Gasteiger partial charge in [0.25, 0.3) is 0 Å². The maximum absolute atomic E-state index is 10.5. The number of aliphatic hydroxyl groups is 1. The Kier molecular flexibility index (Phi) is 12.4. The van der Waals surface area contributed by atoms with Crippen LogP contribution in [0.5, 0.6) is 17.2 Å². The number of hydrogen-bond acceptors (Lipinski definition) is 8. The second kappa shape index (κ2) is 16.2. The van der Waals surface area contributed by atoms with Gasteiger partial charge in [0.05, 0.1) is 33.5 Å². The van der Waals surface area contributed by atoms with Crippen LogP contribution in [0.4, 0.5) is 0 Å². The fourth-order valence-corrected chi connectivity index (χ4v) is 5.84. The van der Waals surface area contributed by atoms with Gasteiger partial charge in [-0.15, -0.1) is 0 Å². The molecule has 0 spiro atoms. The van der Waals surface area contributed by atoms with Crippen molar-refractivity contribution in [2.24, 2.45) is 0 Å². The number of nitrogens with one attached hydrogen (secondary N) is 1. The quantitative estimate of drug-likeness (QED) is 0.323. The second-order valence-electron chi connectivity index (χ2n) is 10.9. The van der Waals surface area contributed by atoms with E-state index in [1.807, 2.05) is 36.4 Å². The van der Waals surface area contributed by atoms with Gasteiger partial charge in [0.2, 0.25) is 0 Å². The molecule has 1 unspecified atom stereocenters. The lowest BCUT2D eigenvalue weighted by atomic mass is 9.91. The molecule has 1 saturated carbocycles. The number of methoxy groups -OCH3 is 3. The molecule has 222 valence electrons. The van der Waals surface area contributed by atoms with Gasteiger partial charge < -0.3 is 34.1 Å². The normalized spacial score (nSPS) is 22.2. The van der Waals surface area contributed by atoms with E-state index < -0.39 is 6.10 Å². The molecule has 1 heterocycles. The Labute approximate surface area is 239 Å². The molecule has 4 rings (SSSR count). The Hall–Kier alpha value is -2.36. The Balaban J connectivity index is 1.16. The molecule has 0 radical (unpaired) electrons. The smallest absolute Gasteiger partial charge is 0.160 e. The van der Waals surface area contributed by atoms with E-state index in [1.54, 1.807) is 21.3 Å². The lowest BCUT2D eigenvalue weighted by molar-refractivity contribution is -0.0296. The van der Waals surface area contributed by atoms with E-state index in [4.69, 9.17) is 23.7 Å². The number of benzene rings is 2. The summed E-state index contributed by atoms with van der Waals surface area (Å²) in [7, 11) is 5.04. The third-order valence-electron chi connectivity index (χ3n) is 8.13. The van der Waals surface area contributed by atoms with Crippen LogP contribution in [0.2, 0.25) is 0 Å². The maximum atomic E-state index is 10.5. The molecule has 0 aromatic heterocycles. The summed E-state index contributed by atoms with van der Waals surface area (Å²) in [6.45, 7) is 4.28. The van der Waals surface area contributed by atoms with Gasteiger partial charge in [0.15, 0.2) is 11.5 Å². The van der Waals surface area contributed by atoms with Crippen molar-refractivity contribution < 1.29 is 28.8 Å². The van der Waals surface area contributed by atoms with E-state index >= 15 is 0 Å². The van der Waals surface area contributed by atoms with Crippen LogP contribution >= 0.6 is 0 Å². The molecule has 2 N–H and O–H groups in total. The van der Waals surface area contributed by atoms with Crippen LogP contribution in [-0.2, 0) is 22.3 Å². The average Bonchev–Trinajstić information content (AvgIpc) is 3.47. The van der Waals surface area contributed by atoms with E-state index in [0.29, 0.717) is 31.8 Å². The first kappa shape index (κ1) is 30.6. The van der Waals surface area contributed by atoms with E-state index in [0.717, 1.165) is 56.0 Å². The minimum absolute atomic E-state index is 0.271. The van der Waals surface area contributed by atoms with E-state index in [9.17, 15) is 5.11 Å². The standard InChI is InChI=1S/C32H48N2O6/c1-36-18-15-24-8-11-28(12-9-24)40-23-27(35)21-33-26-14-17-34(22-26)29-6-4-5-7-30(29)39-19-16-25-10-13-31(37-2)32(20-25)38-3/h8-13,20,26-27,29-30,33,35H,4-7,14-19,21-23H2,1-3H3/t26-,27?,29-,30-/m0/s1. The van der Waals surface area contributed by atoms with Crippen molar-refractivity contribution in [1.29, 1.82) is 0 Å². The molecule has 1 aliphatic carbocycles. The van der Waals surface area contributed by atoms with Gasteiger partial charge in [0.1, 0.15) is 18.5 Å². The summed E-state index contributed by atoms with van der Waals surface area (Å²) >= 11 is 0. The molecule has 40 heavy (non-hydrogen) atoms. The Bertz CT molecular complexity index is 1000. The Morgan fingerprint density at radius 3 is 2.42 bits per heavy atom. The van der Waals surface area contributed by atoms with E-state index in [2.05, 4.69) is 16.3 Å². The van der Waals surface area contributed by atoms with Crippen molar-refractivity contribution in [2.45, 2.75) is 69.2 Å². The first-order valence-corrected chi connectivity index (χ1v) is 14.8. The summed E-state index contributed by atoms with van der Waals surface area (Å²) in [5.41, 5.74) is 2.41. The molecule has 0 amide bonds. The van der Waals surface area contributed by atoms with Gasteiger partial charge >= 0.3 is 0 Å². The molecule has 8 nitrogen and oxygen atoms in total. The highest BCUT2D eigenvalue weighted by atomic mass is 16.5. The highest BCUT2D eigenvalue weighted by Crippen LogP contribution is 2.30. The number of likely N-dealkylation sites (tertiary alicyclic amines) is 1. The SMILES string of the molecule is COCCc1ccc(OCC(O)CN[C@H]2CCN([C@H]3CCCC[C@@H]3OCCc3ccc(OC)c(OC)c3)C2)cc1. The third-order valence-corrected chi connectivity index (χ3v) is 8.13. The first-order valence-electron chi connectivity index (χ1n) is 14.8. The minimum atomic E-state index is -0.551. The molecule has 2 aromatic rings. The zero-order chi connectivity index (χ0) is 28.2. The lowest BCUT2D eigenvalue weighted by Crippen LogP contribution is -2.47. The lowest BCUT2D eigenvalue weighted by Gasteiger charge is -2.38. The van der Waals surface area contributed by atoms with Crippen molar-refractivity contribution in [2.75, 3.05) is 60.8 Å². The van der Waals surface area contributed by atoms with Gasteiger partial charge in [-0.1, -0.05) is 31.0 Å². The molecule has 2 aliphatic rings. The van der Waals surface area contributed by atoms with Crippen LogP contribution < -0.4 is 19.5 Å². The number of rotatable bonds is 16. The molecular formula is C32H48N2O6. The summed E-state index contributed by atoms with van der Waals surface area (Å²) in [6, 6.07) is 14.9. The average molecular weight is 557 g/mol. The first-order chi connectivity index (χ1) is 19.6.